The molecule has 0 unspecified atom stereocenters. The summed E-state index contributed by atoms with van der Waals surface area (Å²) >= 11 is 0. The Balaban J connectivity index is 1.66. The first-order valence-electron chi connectivity index (χ1n) is 8.75. The van der Waals surface area contributed by atoms with E-state index in [-0.39, 0.29) is 11.8 Å². The molecule has 4 rings (SSSR count). The number of carbonyl (C=O) groups excluding carboxylic acids is 2. The summed E-state index contributed by atoms with van der Waals surface area (Å²) in [5.41, 5.74) is 3.37. The van der Waals surface area contributed by atoms with Crippen LogP contribution >= 0.6 is 0 Å². The fraction of sp³-hybridized carbons (Fsp3) is 0.444. The maximum Gasteiger partial charge on any atom is 0.278 e. The van der Waals surface area contributed by atoms with Gasteiger partial charge in [0.15, 0.2) is 0 Å². The Kier molecular flexibility index (Phi) is 3.99. The van der Waals surface area contributed by atoms with E-state index < -0.39 is 0 Å². The predicted octanol–water partition coefficient (Wildman–Crippen LogP) is 1.92. The molecule has 1 aromatic carbocycles. The van der Waals surface area contributed by atoms with Gasteiger partial charge in [0.1, 0.15) is 5.69 Å². The van der Waals surface area contributed by atoms with E-state index in [2.05, 4.69) is 10.3 Å². The highest BCUT2D eigenvalue weighted by Gasteiger charge is 2.29. The maximum atomic E-state index is 12.8. The highest BCUT2D eigenvalue weighted by Crippen LogP contribution is 2.34. The Bertz CT molecular complexity index is 829. The molecule has 2 aromatic rings. The second kappa shape index (κ2) is 6.31. The third kappa shape index (κ3) is 2.79. The molecule has 2 aliphatic rings. The third-order valence-corrected chi connectivity index (χ3v) is 5.03. The van der Waals surface area contributed by atoms with Crippen LogP contribution < -0.4 is 9.80 Å². The smallest absolute Gasteiger partial charge is 0.278 e. The molecule has 1 fully saturated rings. The molecule has 0 aliphatic carbocycles. The van der Waals surface area contributed by atoms with Crippen molar-refractivity contribution in [2.24, 2.45) is 7.05 Å². The molecule has 0 bridgehead atoms. The van der Waals surface area contributed by atoms with Crippen molar-refractivity contribution in [1.29, 1.82) is 0 Å². The highest BCUT2D eigenvalue weighted by atomic mass is 16.2. The summed E-state index contributed by atoms with van der Waals surface area (Å²) in [6, 6.07) is 6.02. The molecule has 3 heterocycles. The van der Waals surface area contributed by atoms with Gasteiger partial charge in [0.25, 0.3) is 5.91 Å². The summed E-state index contributed by atoms with van der Waals surface area (Å²) in [7, 11) is 1.71. The van der Waals surface area contributed by atoms with Crippen molar-refractivity contribution < 1.29 is 9.59 Å². The molecule has 0 atom stereocenters. The predicted molar refractivity (Wildman–Crippen MR) is 93.6 cm³/mol. The molecular formula is C18H21N5O2. The lowest BCUT2D eigenvalue weighted by Crippen LogP contribution is -2.32. The molecule has 25 heavy (non-hydrogen) atoms. The Labute approximate surface area is 146 Å². The second-order valence-corrected chi connectivity index (χ2v) is 6.62. The van der Waals surface area contributed by atoms with E-state index in [1.54, 1.807) is 11.9 Å². The molecule has 2 amide bonds. The summed E-state index contributed by atoms with van der Waals surface area (Å²) in [5, 5.41) is 7.64. The average molecular weight is 339 g/mol. The minimum Gasteiger partial charge on any atom is -0.312 e. The van der Waals surface area contributed by atoms with Crippen LogP contribution in [0, 0.1) is 0 Å². The fourth-order valence-electron chi connectivity index (χ4n) is 3.62. The number of carbonyl (C=O) groups is 2. The number of aryl methyl sites for hydroxylation is 1. The monoisotopic (exact) mass is 339 g/mol. The van der Waals surface area contributed by atoms with Crippen LogP contribution in [0.4, 0.5) is 11.4 Å². The van der Waals surface area contributed by atoms with Crippen LogP contribution in [-0.4, -0.2) is 39.9 Å². The maximum absolute atomic E-state index is 12.8. The van der Waals surface area contributed by atoms with Gasteiger partial charge >= 0.3 is 0 Å². The second-order valence-electron chi connectivity index (χ2n) is 6.62. The van der Waals surface area contributed by atoms with Gasteiger partial charge in [0, 0.05) is 37.9 Å². The molecule has 0 radical (unpaired) electrons. The summed E-state index contributed by atoms with van der Waals surface area (Å²) in [5.74, 6) is 0.0646. The summed E-state index contributed by atoms with van der Waals surface area (Å²) in [6.45, 7) is 1.38. The SMILES string of the molecule is Cn1nncc1C(=O)N1CCc2ccc(N3CCCCCC3=O)cc21. The van der Waals surface area contributed by atoms with Crippen molar-refractivity contribution in [2.45, 2.75) is 32.1 Å². The molecule has 0 spiro atoms. The standard InChI is InChI=1S/C18H21N5O2/c1-21-16(12-19-20-21)18(25)23-10-8-13-6-7-14(11-15(13)23)22-9-4-2-3-5-17(22)24/h6-7,11-12H,2-5,8-10H2,1H3. The minimum absolute atomic E-state index is 0.106. The van der Waals surface area contributed by atoms with E-state index in [1.807, 2.05) is 23.1 Å². The molecule has 7 heteroatoms. The van der Waals surface area contributed by atoms with Crippen LogP contribution in [0.3, 0.4) is 0 Å². The zero-order valence-electron chi connectivity index (χ0n) is 14.3. The number of amides is 2. The van der Waals surface area contributed by atoms with Gasteiger partial charge in [-0.1, -0.05) is 17.7 Å². The van der Waals surface area contributed by atoms with Gasteiger partial charge in [0.05, 0.1) is 6.20 Å². The van der Waals surface area contributed by atoms with E-state index in [0.29, 0.717) is 18.7 Å². The summed E-state index contributed by atoms with van der Waals surface area (Å²) in [4.78, 5) is 28.9. The number of rotatable bonds is 2. The zero-order valence-corrected chi connectivity index (χ0v) is 14.3. The topological polar surface area (TPSA) is 71.3 Å². The van der Waals surface area contributed by atoms with Gasteiger partial charge < -0.3 is 9.80 Å². The lowest BCUT2D eigenvalue weighted by Gasteiger charge is -2.23. The van der Waals surface area contributed by atoms with Crippen molar-refractivity contribution in [2.75, 3.05) is 22.9 Å². The molecule has 0 saturated carbocycles. The van der Waals surface area contributed by atoms with Crippen molar-refractivity contribution in [3.8, 4) is 0 Å². The van der Waals surface area contributed by atoms with Gasteiger partial charge in [-0.05, 0) is 37.0 Å². The first-order valence-corrected chi connectivity index (χ1v) is 8.75. The largest absolute Gasteiger partial charge is 0.312 e. The van der Waals surface area contributed by atoms with Crippen molar-refractivity contribution >= 4 is 23.2 Å². The Morgan fingerprint density at radius 3 is 2.80 bits per heavy atom. The number of anilines is 2. The summed E-state index contributed by atoms with van der Waals surface area (Å²) in [6.07, 6.45) is 5.97. The Hall–Kier alpha value is -2.70. The van der Waals surface area contributed by atoms with Gasteiger partial charge in [-0.3, -0.25) is 9.59 Å². The molecule has 1 aromatic heterocycles. The molecule has 130 valence electrons. The molecule has 2 aliphatic heterocycles. The zero-order chi connectivity index (χ0) is 17.4. The molecule has 1 saturated heterocycles. The fourth-order valence-corrected chi connectivity index (χ4v) is 3.62. The lowest BCUT2D eigenvalue weighted by atomic mass is 10.1. The molecule has 7 nitrogen and oxygen atoms in total. The summed E-state index contributed by atoms with van der Waals surface area (Å²) < 4.78 is 1.49. The van der Waals surface area contributed by atoms with Crippen LogP contribution in [0.15, 0.2) is 24.4 Å². The van der Waals surface area contributed by atoms with E-state index in [1.165, 1.54) is 10.9 Å². The average Bonchev–Trinajstić information content (AvgIpc) is 3.16. The van der Waals surface area contributed by atoms with E-state index in [0.717, 1.165) is 49.2 Å². The minimum atomic E-state index is -0.106. The van der Waals surface area contributed by atoms with Crippen LogP contribution in [0.2, 0.25) is 0 Å². The number of fused-ring (bicyclic) bond motifs is 1. The van der Waals surface area contributed by atoms with Crippen molar-refractivity contribution in [3.63, 3.8) is 0 Å². The first-order chi connectivity index (χ1) is 12.1. The van der Waals surface area contributed by atoms with Gasteiger partial charge in [-0.2, -0.15) is 0 Å². The van der Waals surface area contributed by atoms with Crippen molar-refractivity contribution in [1.82, 2.24) is 15.0 Å². The molecule has 0 N–H and O–H groups in total. The van der Waals surface area contributed by atoms with Crippen molar-refractivity contribution in [3.05, 3.63) is 35.7 Å². The van der Waals surface area contributed by atoms with E-state index in [9.17, 15) is 9.59 Å². The quantitative estimate of drug-likeness (QED) is 0.838. The van der Waals surface area contributed by atoms with Crippen LogP contribution in [-0.2, 0) is 18.3 Å². The molecular weight excluding hydrogens is 318 g/mol. The van der Waals surface area contributed by atoms with Gasteiger partial charge in [0.2, 0.25) is 5.91 Å². The van der Waals surface area contributed by atoms with Gasteiger partial charge in [-0.15, -0.1) is 5.10 Å². The van der Waals surface area contributed by atoms with E-state index in [4.69, 9.17) is 0 Å². The lowest BCUT2D eigenvalue weighted by molar-refractivity contribution is -0.118. The Morgan fingerprint density at radius 1 is 1.12 bits per heavy atom. The number of hydrogen-bond donors (Lipinski definition) is 0. The first kappa shape index (κ1) is 15.8. The van der Waals surface area contributed by atoms with Crippen LogP contribution in [0.1, 0.15) is 41.7 Å². The normalized spacial score (nSPS) is 17.6. The van der Waals surface area contributed by atoms with Gasteiger partial charge in [-0.25, -0.2) is 4.68 Å². The highest BCUT2D eigenvalue weighted by molar-refractivity contribution is 6.06. The number of nitrogens with zero attached hydrogens (tertiary/aromatic N) is 5. The van der Waals surface area contributed by atoms with Crippen LogP contribution in [0.25, 0.3) is 0 Å². The number of aromatic nitrogens is 3. The van der Waals surface area contributed by atoms with E-state index >= 15 is 0 Å². The number of hydrogen-bond acceptors (Lipinski definition) is 4. The Morgan fingerprint density at radius 2 is 2.00 bits per heavy atom. The number of benzene rings is 1. The van der Waals surface area contributed by atoms with Crippen LogP contribution in [0.5, 0.6) is 0 Å². The third-order valence-electron chi connectivity index (χ3n) is 5.03.